The van der Waals surface area contributed by atoms with Gasteiger partial charge in [0, 0.05) is 12.6 Å². The number of hydrazine groups is 1. The highest BCUT2D eigenvalue weighted by molar-refractivity contribution is 5.79. The molecule has 15 heavy (non-hydrogen) atoms. The largest absolute Gasteiger partial charge is 0.353 e. The highest BCUT2D eigenvalue weighted by Gasteiger charge is 2.10. The van der Waals surface area contributed by atoms with E-state index >= 15 is 0 Å². The first-order valence-electron chi connectivity index (χ1n) is 5.72. The standard InChI is InChI=1S/C10H23N5/c1-9(2)13-10(14-11)12-5-8-15-6-3-4-7-15/h9H,3-8,11H2,1-2H3,(H2,12,13,14). The average Bonchev–Trinajstić information content (AvgIpc) is 2.68. The zero-order valence-corrected chi connectivity index (χ0v) is 9.79. The Morgan fingerprint density at radius 3 is 2.60 bits per heavy atom. The molecule has 0 aromatic carbocycles. The first-order chi connectivity index (χ1) is 7.22. The summed E-state index contributed by atoms with van der Waals surface area (Å²) >= 11 is 0. The quantitative estimate of drug-likeness (QED) is 0.264. The number of nitrogens with two attached hydrogens (primary N) is 1. The van der Waals surface area contributed by atoms with E-state index in [4.69, 9.17) is 5.84 Å². The summed E-state index contributed by atoms with van der Waals surface area (Å²) in [5.74, 6) is 6.04. The highest BCUT2D eigenvalue weighted by atomic mass is 15.3. The molecule has 0 spiro atoms. The Hall–Kier alpha value is -0.810. The summed E-state index contributed by atoms with van der Waals surface area (Å²) in [6.45, 7) is 8.40. The molecule has 1 saturated heterocycles. The molecule has 0 radical (unpaired) electrons. The zero-order chi connectivity index (χ0) is 11.1. The van der Waals surface area contributed by atoms with Crippen LogP contribution in [0.25, 0.3) is 0 Å². The van der Waals surface area contributed by atoms with Gasteiger partial charge >= 0.3 is 0 Å². The van der Waals surface area contributed by atoms with Crippen molar-refractivity contribution in [2.75, 3.05) is 26.2 Å². The number of hydrogen-bond donors (Lipinski definition) is 3. The summed E-state index contributed by atoms with van der Waals surface area (Å²) in [7, 11) is 0. The molecule has 0 bridgehead atoms. The number of hydrogen-bond acceptors (Lipinski definition) is 3. The van der Waals surface area contributed by atoms with E-state index in [2.05, 4.69) is 34.5 Å². The Balaban J connectivity index is 2.20. The van der Waals surface area contributed by atoms with Crippen LogP contribution in [0.2, 0.25) is 0 Å². The van der Waals surface area contributed by atoms with E-state index in [0.717, 1.165) is 13.1 Å². The third-order valence-corrected chi connectivity index (χ3v) is 2.45. The number of nitrogens with one attached hydrogen (secondary N) is 2. The summed E-state index contributed by atoms with van der Waals surface area (Å²) in [5, 5.41) is 3.15. The number of likely N-dealkylation sites (tertiary alicyclic amines) is 1. The predicted octanol–water partition coefficient (Wildman–Crippen LogP) is -0.100. The molecule has 5 nitrogen and oxygen atoms in total. The van der Waals surface area contributed by atoms with Gasteiger partial charge in [-0.2, -0.15) is 0 Å². The van der Waals surface area contributed by atoms with Crippen LogP contribution >= 0.6 is 0 Å². The lowest BCUT2D eigenvalue weighted by Crippen LogP contribution is -2.45. The molecule has 88 valence electrons. The van der Waals surface area contributed by atoms with Crippen LogP contribution in [0.4, 0.5) is 0 Å². The van der Waals surface area contributed by atoms with Crippen molar-refractivity contribution in [3.8, 4) is 0 Å². The molecule has 1 rings (SSSR count). The van der Waals surface area contributed by atoms with Gasteiger partial charge in [-0.1, -0.05) is 0 Å². The van der Waals surface area contributed by atoms with Gasteiger partial charge in [0.05, 0.1) is 6.54 Å². The van der Waals surface area contributed by atoms with Gasteiger partial charge in [0.15, 0.2) is 0 Å². The van der Waals surface area contributed by atoms with E-state index in [1.807, 2.05) is 0 Å². The van der Waals surface area contributed by atoms with E-state index in [1.54, 1.807) is 0 Å². The molecule has 0 aromatic rings. The molecule has 0 amide bonds. The zero-order valence-electron chi connectivity index (χ0n) is 9.79. The third kappa shape index (κ3) is 4.99. The molecule has 0 unspecified atom stereocenters. The number of rotatable bonds is 4. The van der Waals surface area contributed by atoms with Crippen molar-refractivity contribution in [3.63, 3.8) is 0 Å². The predicted molar refractivity (Wildman–Crippen MR) is 63.6 cm³/mol. The fraction of sp³-hybridized carbons (Fsp3) is 0.900. The molecule has 1 fully saturated rings. The minimum Gasteiger partial charge on any atom is -0.353 e. The van der Waals surface area contributed by atoms with Gasteiger partial charge in [-0.05, 0) is 39.8 Å². The lowest BCUT2D eigenvalue weighted by molar-refractivity contribution is 0.349. The molecule has 1 aliphatic heterocycles. The molecule has 0 aromatic heterocycles. The minimum absolute atomic E-state index is 0.353. The number of aliphatic imine (C=N–C) groups is 1. The SMILES string of the molecule is CC(C)NC(=NCCN1CCCC1)NN. The Bertz CT molecular complexity index is 196. The maximum atomic E-state index is 5.36. The second-order valence-electron chi connectivity index (χ2n) is 4.22. The lowest BCUT2D eigenvalue weighted by Gasteiger charge is -2.14. The Kier molecular flexibility index (Phi) is 5.42. The van der Waals surface area contributed by atoms with Gasteiger partial charge in [-0.15, -0.1) is 0 Å². The fourth-order valence-corrected chi connectivity index (χ4v) is 1.72. The van der Waals surface area contributed by atoms with Crippen molar-refractivity contribution >= 4 is 5.96 Å². The summed E-state index contributed by atoms with van der Waals surface area (Å²) < 4.78 is 0. The van der Waals surface area contributed by atoms with E-state index < -0.39 is 0 Å². The lowest BCUT2D eigenvalue weighted by atomic mass is 10.4. The van der Waals surface area contributed by atoms with E-state index in [1.165, 1.54) is 25.9 Å². The molecule has 1 aliphatic rings. The molecule has 0 saturated carbocycles. The topological polar surface area (TPSA) is 65.7 Å². The Labute approximate surface area is 92.1 Å². The van der Waals surface area contributed by atoms with Crippen LogP contribution in [0.5, 0.6) is 0 Å². The minimum atomic E-state index is 0.353. The van der Waals surface area contributed by atoms with Crippen molar-refractivity contribution < 1.29 is 0 Å². The second kappa shape index (κ2) is 6.63. The van der Waals surface area contributed by atoms with E-state index in [-0.39, 0.29) is 0 Å². The van der Waals surface area contributed by atoms with Gasteiger partial charge in [0.2, 0.25) is 5.96 Å². The number of nitrogens with zero attached hydrogens (tertiary/aromatic N) is 2. The molecule has 0 atom stereocenters. The smallest absolute Gasteiger partial charge is 0.205 e. The van der Waals surface area contributed by atoms with Crippen LogP contribution in [-0.4, -0.2) is 43.1 Å². The monoisotopic (exact) mass is 213 g/mol. The van der Waals surface area contributed by atoms with Crippen LogP contribution in [0, 0.1) is 0 Å². The molecular formula is C10H23N5. The maximum absolute atomic E-state index is 5.36. The molecular weight excluding hydrogens is 190 g/mol. The molecule has 1 heterocycles. The van der Waals surface area contributed by atoms with E-state index in [9.17, 15) is 0 Å². The van der Waals surface area contributed by atoms with Crippen LogP contribution in [-0.2, 0) is 0 Å². The van der Waals surface area contributed by atoms with Crippen molar-refractivity contribution in [1.82, 2.24) is 15.6 Å². The van der Waals surface area contributed by atoms with Crippen molar-refractivity contribution in [3.05, 3.63) is 0 Å². The average molecular weight is 213 g/mol. The normalized spacial score (nSPS) is 18.5. The second-order valence-corrected chi connectivity index (χ2v) is 4.22. The highest BCUT2D eigenvalue weighted by Crippen LogP contribution is 2.05. The van der Waals surface area contributed by atoms with Crippen molar-refractivity contribution in [2.24, 2.45) is 10.8 Å². The summed E-state index contributed by atoms with van der Waals surface area (Å²) in [6.07, 6.45) is 2.66. The van der Waals surface area contributed by atoms with E-state index in [0.29, 0.717) is 12.0 Å². The number of guanidine groups is 1. The van der Waals surface area contributed by atoms with Gasteiger partial charge in [0.1, 0.15) is 0 Å². The van der Waals surface area contributed by atoms with Crippen LogP contribution in [0.15, 0.2) is 4.99 Å². The van der Waals surface area contributed by atoms with Crippen LogP contribution in [0.3, 0.4) is 0 Å². The fourth-order valence-electron chi connectivity index (χ4n) is 1.72. The van der Waals surface area contributed by atoms with Crippen LogP contribution < -0.4 is 16.6 Å². The summed E-state index contributed by atoms with van der Waals surface area (Å²) in [6, 6.07) is 0.353. The Morgan fingerprint density at radius 1 is 1.40 bits per heavy atom. The van der Waals surface area contributed by atoms with Gasteiger partial charge in [0.25, 0.3) is 0 Å². The van der Waals surface area contributed by atoms with Crippen molar-refractivity contribution in [1.29, 1.82) is 0 Å². The Morgan fingerprint density at radius 2 is 2.07 bits per heavy atom. The molecule has 0 aliphatic carbocycles. The summed E-state index contributed by atoms with van der Waals surface area (Å²) in [4.78, 5) is 6.81. The maximum Gasteiger partial charge on any atom is 0.205 e. The van der Waals surface area contributed by atoms with Gasteiger partial charge < -0.3 is 10.2 Å². The summed E-state index contributed by atoms with van der Waals surface area (Å²) in [5.41, 5.74) is 2.58. The van der Waals surface area contributed by atoms with Crippen LogP contribution in [0.1, 0.15) is 26.7 Å². The van der Waals surface area contributed by atoms with Crippen molar-refractivity contribution in [2.45, 2.75) is 32.7 Å². The first kappa shape index (κ1) is 12.3. The molecule has 4 N–H and O–H groups in total. The van der Waals surface area contributed by atoms with Gasteiger partial charge in [-0.3, -0.25) is 10.4 Å². The van der Waals surface area contributed by atoms with Gasteiger partial charge in [-0.25, -0.2) is 5.84 Å². The third-order valence-electron chi connectivity index (χ3n) is 2.45. The molecule has 5 heteroatoms. The first-order valence-corrected chi connectivity index (χ1v) is 5.72.